The summed E-state index contributed by atoms with van der Waals surface area (Å²) >= 11 is 0. The molecule has 2 aromatic rings. The van der Waals surface area contributed by atoms with Gasteiger partial charge in [-0.3, -0.25) is 0 Å². The Labute approximate surface area is 113 Å². The number of hydrogen-bond donors (Lipinski definition) is 1. The predicted octanol–water partition coefficient (Wildman–Crippen LogP) is 3.40. The molecule has 0 amide bonds. The van der Waals surface area contributed by atoms with E-state index in [-0.39, 0.29) is 11.6 Å². The van der Waals surface area contributed by atoms with Crippen LogP contribution in [0.2, 0.25) is 0 Å². The van der Waals surface area contributed by atoms with E-state index in [1.165, 1.54) is 10.9 Å². The number of hydrogen-bond acceptors (Lipinski definition) is 3. The first-order chi connectivity index (χ1) is 9.10. The Bertz CT molecular complexity index is 589. The van der Waals surface area contributed by atoms with Crippen LogP contribution >= 0.6 is 0 Å². The fraction of sp³-hybridized carbons (Fsp3) is 0.500. The molecule has 0 radical (unpaired) electrons. The summed E-state index contributed by atoms with van der Waals surface area (Å²) in [4.78, 5) is 0. The van der Waals surface area contributed by atoms with Crippen LogP contribution in [-0.2, 0) is 11.3 Å². The summed E-state index contributed by atoms with van der Waals surface area (Å²) in [5, 5.41) is 4.87. The minimum Gasteiger partial charge on any atom is -0.461 e. The number of aryl methyl sites for hydroxylation is 1. The maximum atomic E-state index is 5.80. The van der Waals surface area contributed by atoms with Crippen molar-refractivity contribution in [2.24, 2.45) is 0 Å². The van der Waals surface area contributed by atoms with Crippen LogP contribution in [-0.4, -0.2) is 18.2 Å². The highest BCUT2D eigenvalue weighted by Gasteiger charge is 2.36. The highest BCUT2D eigenvalue weighted by Crippen LogP contribution is 2.29. The van der Waals surface area contributed by atoms with Crippen LogP contribution < -0.4 is 5.32 Å². The van der Waals surface area contributed by atoms with Gasteiger partial charge in [-0.15, -0.1) is 0 Å². The molecule has 1 aliphatic heterocycles. The van der Waals surface area contributed by atoms with Gasteiger partial charge in [-0.2, -0.15) is 0 Å². The standard InChI is InChI=1S/C16H21NO2/c1-11-14(13-6-4-5-7-15(13)19-11)10-17-16(3)8-9-18-12(16)2/h4-7,12,17H,8-10H2,1-3H3. The van der Waals surface area contributed by atoms with Gasteiger partial charge in [-0.25, -0.2) is 0 Å². The third kappa shape index (κ3) is 2.17. The number of furan rings is 1. The van der Waals surface area contributed by atoms with E-state index in [2.05, 4.69) is 31.3 Å². The van der Waals surface area contributed by atoms with E-state index in [0.29, 0.717) is 0 Å². The zero-order chi connectivity index (χ0) is 13.5. The second-order valence-corrected chi connectivity index (χ2v) is 5.67. The molecule has 0 saturated carbocycles. The van der Waals surface area contributed by atoms with E-state index in [1.807, 2.05) is 19.1 Å². The normalized spacial score (nSPS) is 27.2. The van der Waals surface area contributed by atoms with Crippen LogP contribution in [0, 0.1) is 6.92 Å². The van der Waals surface area contributed by atoms with Crippen LogP contribution in [0.25, 0.3) is 11.0 Å². The van der Waals surface area contributed by atoms with Crippen molar-refractivity contribution in [3.05, 3.63) is 35.6 Å². The molecular weight excluding hydrogens is 238 g/mol. The SMILES string of the molecule is Cc1oc2ccccc2c1CNC1(C)CCOC1C. The lowest BCUT2D eigenvalue weighted by atomic mass is 9.94. The van der Waals surface area contributed by atoms with Gasteiger partial charge < -0.3 is 14.5 Å². The molecule has 3 rings (SSSR count). The van der Waals surface area contributed by atoms with Crippen molar-refractivity contribution in [3.8, 4) is 0 Å². The van der Waals surface area contributed by atoms with Crippen molar-refractivity contribution in [1.82, 2.24) is 5.32 Å². The number of rotatable bonds is 3. The minimum absolute atomic E-state index is 0.0603. The van der Waals surface area contributed by atoms with E-state index in [0.717, 1.165) is 30.9 Å². The highest BCUT2D eigenvalue weighted by atomic mass is 16.5. The molecule has 2 unspecified atom stereocenters. The van der Waals surface area contributed by atoms with Crippen LogP contribution in [0.3, 0.4) is 0 Å². The average Bonchev–Trinajstić information content (AvgIpc) is 2.88. The van der Waals surface area contributed by atoms with Crippen molar-refractivity contribution < 1.29 is 9.15 Å². The second-order valence-electron chi connectivity index (χ2n) is 5.67. The quantitative estimate of drug-likeness (QED) is 0.917. The Morgan fingerprint density at radius 2 is 2.16 bits per heavy atom. The van der Waals surface area contributed by atoms with E-state index in [9.17, 15) is 0 Å². The lowest BCUT2D eigenvalue weighted by Crippen LogP contribution is -2.47. The number of ether oxygens (including phenoxy) is 1. The van der Waals surface area contributed by atoms with Gasteiger partial charge in [0.2, 0.25) is 0 Å². The number of benzene rings is 1. The summed E-state index contributed by atoms with van der Waals surface area (Å²) in [5.41, 5.74) is 2.29. The molecule has 3 nitrogen and oxygen atoms in total. The monoisotopic (exact) mass is 259 g/mol. The third-order valence-electron chi connectivity index (χ3n) is 4.46. The first kappa shape index (κ1) is 12.7. The van der Waals surface area contributed by atoms with Crippen LogP contribution in [0.4, 0.5) is 0 Å². The molecule has 0 bridgehead atoms. The smallest absolute Gasteiger partial charge is 0.134 e. The largest absolute Gasteiger partial charge is 0.461 e. The molecular formula is C16H21NO2. The van der Waals surface area contributed by atoms with Gasteiger partial charge in [0, 0.05) is 29.6 Å². The van der Waals surface area contributed by atoms with Crippen molar-refractivity contribution in [3.63, 3.8) is 0 Å². The van der Waals surface area contributed by atoms with Gasteiger partial charge >= 0.3 is 0 Å². The summed E-state index contributed by atoms with van der Waals surface area (Å²) in [6, 6.07) is 8.22. The second kappa shape index (κ2) is 4.66. The Morgan fingerprint density at radius 1 is 1.37 bits per heavy atom. The minimum atomic E-state index is 0.0603. The van der Waals surface area contributed by atoms with Crippen molar-refractivity contribution in [2.45, 2.75) is 45.4 Å². The van der Waals surface area contributed by atoms with Crippen molar-refractivity contribution in [2.75, 3.05) is 6.61 Å². The molecule has 0 aliphatic carbocycles. The third-order valence-corrected chi connectivity index (χ3v) is 4.46. The molecule has 1 saturated heterocycles. The summed E-state index contributed by atoms with van der Waals surface area (Å²) < 4.78 is 11.5. The van der Waals surface area contributed by atoms with Gasteiger partial charge in [0.15, 0.2) is 0 Å². The van der Waals surface area contributed by atoms with E-state index in [4.69, 9.17) is 9.15 Å². The highest BCUT2D eigenvalue weighted by molar-refractivity contribution is 5.82. The zero-order valence-corrected chi connectivity index (χ0v) is 11.8. The van der Waals surface area contributed by atoms with E-state index in [1.54, 1.807) is 0 Å². The Balaban J connectivity index is 1.84. The van der Waals surface area contributed by atoms with Crippen molar-refractivity contribution in [1.29, 1.82) is 0 Å². The van der Waals surface area contributed by atoms with Crippen LogP contribution in [0.5, 0.6) is 0 Å². The lowest BCUT2D eigenvalue weighted by Gasteiger charge is -2.29. The molecule has 2 heterocycles. The number of para-hydroxylation sites is 1. The van der Waals surface area contributed by atoms with Crippen LogP contribution in [0.1, 0.15) is 31.6 Å². The molecule has 1 aromatic heterocycles. The summed E-state index contributed by atoms with van der Waals surface area (Å²) in [5.74, 6) is 1.00. The molecule has 1 N–H and O–H groups in total. The average molecular weight is 259 g/mol. The molecule has 102 valence electrons. The Hall–Kier alpha value is -1.32. The Morgan fingerprint density at radius 3 is 2.89 bits per heavy atom. The van der Waals surface area contributed by atoms with Gasteiger partial charge in [0.25, 0.3) is 0 Å². The fourth-order valence-corrected chi connectivity index (χ4v) is 2.80. The Kier molecular flexibility index (Phi) is 3.11. The molecule has 3 heteroatoms. The molecule has 2 atom stereocenters. The van der Waals surface area contributed by atoms with Gasteiger partial charge in [-0.05, 0) is 33.3 Å². The van der Waals surface area contributed by atoms with Gasteiger partial charge in [0.05, 0.1) is 6.10 Å². The maximum absolute atomic E-state index is 5.80. The number of nitrogens with one attached hydrogen (secondary N) is 1. The van der Waals surface area contributed by atoms with Gasteiger partial charge in [0.1, 0.15) is 11.3 Å². The molecule has 1 aromatic carbocycles. The summed E-state index contributed by atoms with van der Waals surface area (Å²) in [6.07, 6.45) is 1.31. The summed E-state index contributed by atoms with van der Waals surface area (Å²) in [6.45, 7) is 8.08. The maximum Gasteiger partial charge on any atom is 0.134 e. The van der Waals surface area contributed by atoms with E-state index >= 15 is 0 Å². The van der Waals surface area contributed by atoms with E-state index < -0.39 is 0 Å². The van der Waals surface area contributed by atoms with Crippen molar-refractivity contribution >= 4 is 11.0 Å². The topological polar surface area (TPSA) is 34.4 Å². The molecule has 19 heavy (non-hydrogen) atoms. The summed E-state index contributed by atoms with van der Waals surface area (Å²) in [7, 11) is 0. The first-order valence-electron chi connectivity index (χ1n) is 6.94. The molecule has 0 spiro atoms. The zero-order valence-electron chi connectivity index (χ0n) is 11.8. The predicted molar refractivity (Wildman–Crippen MR) is 76.2 cm³/mol. The van der Waals surface area contributed by atoms with Gasteiger partial charge in [-0.1, -0.05) is 18.2 Å². The molecule has 1 fully saturated rings. The van der Waals surface area contributed by atoms with Crippen LogP contribution in [0.15, 0.2) is 28.7 Å². The lowest BCUT2D eigenvalue weighted by molar-refractivity contribution is 0.0881. The molecule has 1 aliphatic rings. The number of fused-ring (bicyclic) bond motifs is 1. The fourth-order valence-electron chi connectivity index (χ4n) is 2.80. The first-order valence-corrected chi connectivity index (χ1v) is 6.94.